The van der Waals surface area contributed by atoms with Crippen molar-refractivity contribution in [3.8, 4) is 38.8 Å². The Morgan fingerprint density at radius 2 is 1.66 bits per heavy atom. The zero-order chi connectivity index (χ0) is 24.6. The van der Waals surface area contributed by atoms with Crippen LogP contribution in [0.4, 0.5) is 13.2 Å². The largest absolute Gasteiger partial charge is 0.573 e. The maximum atomic E-state index is 12.4. The van der Waals surface area contributed by atoms with E-state index in [0.29, 0.717) is 38.0 Å². The molecule has 2 N–H and O–H groups in total. The molecule has 5 aromatic rings. The number of alkyl halides is 3. The summed E-state index contributed by atoms with van der Waals surface area (Å²) in [5, 5.41) is 0.399. The van der Waals surface area contributed by atoms with Gasteiger partial charge in [0, 0.05) is 24.2 Å². The fourth-order valence-electron chi connectivity index (χ4n) is 3.43. The maximum Gasteiger partial charge on any atom is 0.573 e. The van der Waals surface area contributed by atoms with Crippen molar-refractivity contribution in [3.05, 3.63) is 72.8 Å². The fraction of sp³-hybridized carbons (Fsp3) is 0.0435. The van der Waals surface area contributed by atoms with E-state index in [2.05, 4.69) is 29.7 Å². The molecule has 0 aliphatic carbocycles. The third-order valence-electron chi connectivity index (χ3n) is 4.90. The predicted molar refractivity (Wildman–Crippen MR) is 122 cm³/mol. The van der Waals surface area contributed by atoms with Gasteiger partial charge < -0.3 is 10.5 Å². The third kappa shape index (κ3) is 4.64. The van der Waals surface area contributed by atoms with Gasteiger partial charge in [0.15, 0.2) is 10.5 Å². The zero-order valence-corrected chi connectivity index (χ0v) is 18.3. The van der Waals surface area contributed by atoms with Gasteiger partial charge in [-0.1, -0.05) is 11.3 Å². The molecular formula is C23H13F3N6O2S. The van der Waals surface area contributed by atoms with Gasteiger partial charge in [-0.05, 0) is 53.6 Å². The molecular weight excluding hydrogens is 481 g/mol. The normalized spacial score (nSPS) is 11.5. The number of benzene rings is 1. The number of nitrogens with zero attached hydrogens (tertiary/aromatic N) is 5. The summed E-state index contributed by atoms with van der Waals surface area (Å²) in [4.78, 5) is 34.5. The summed E-state index contributed by atoms with van der Waals surface area (Å²) in [6.07, 6.45) is 1.46. The predicted octanol–water partition coefficient (Wildman–Crippen LogP) is 4.87. The lowest BCUT2D eigenvalue weighted by Gasteiger charge is -2.09. The van der Waals surface area contributed by atoms with Gasteiger partial charge in [-0.3, -0.25) is 14.8 Å². The van der Waals surface area contributed by atoms with E-state index >= 15 is 0 Å². The summed E-state index contributed by atoms with van der Waals surface area (Å²) in [7, 11) is 0. The van der Waals surface area contributed by atoms with Crippen LogP contribution in [0.3, 0.4) is 0 Å². The van der Waals surface area contributed by atoms with Crippen molar-refractivity contribution in [3.63, 3.8) is 0 Å². The van der Waals surface area contributed by atoms with E-state index in [1.807, 2.05) is 0 Å². The molecule has 4 heterocycles. The number of fused-ring (bicyclic) bond motifs is 1. The molecule has 5 rings (SSSR count). The van der Waals surface area contributed by atoms with Crippen molar-refractivity contribution in [2.75, 3.05) is 0 Å². The molecule has 4 aromatic heterocycles. The van der Waals surface area contributed by atoms with Gasteiger partial charge in [0.1, 0.15) is 16.5 Å². The van der Waals surface area contributed by atoms with Crippen LogP contribution in [0.15, 0.2) is 67.3 Å². The highest BCUT2D eigenvalue weighted by molar-refractivity contribution is 7.21. The Hall–Kier alpha value is -4.45. The third-order valence-corrected chi connectivity index (χ3v) is 5.84. The lowest BCUT2D eigenvalue weighted by Crippen LogP contribution is -2.16. The van der Waals surface area contributed by atoms with E-state index in [9.17, 15) is 18.0 Å². The van der Waals surface area contributed by atoms with Crippen LogP contribution in [0.25, 0.3) is 43.6 Å². The summed E-state index contributed by atoms with van der Waals surface area (Å²) in [6.45, 7) is 0. The lowest BCUT2D eigenvalue weighted by molar-refractivity contribution is -0.274. The number of hydrogen-bond acceptors (Lipinski definition) is 8. The Balaban J connectivity index is 1.54. The Morgan fingerprint density at radius 1 is 0.914 bits per heavy atom. The first-order valence-corrected chi connectivity index (χ1v) is 10.8. The first-order valence-electron chi connectivity index (χ1n) is 9.98. The number of pyridine rings is 2. The van der Waals surface area contributed by atoms with Crippen molar-refractivity contribution in [1.82, 2.24) is 24.9 Å². The molecule has 8 nitrogen and oxygen atoms in total. The van der Waals surface area contributed by atoms with Crippen LogP contribution in [0.5, 0.6) is 5.75 Å². The van der Waals surface area contributed by atoms with E-state index in [-0.39, 0.29) is 11.3 Å². The molecule has 1 aromatic carbocycles. The van der Waals surface area contributed by atoms with Gasteiger partial charge in [0.25, 0.3) is 5.91 Å². The monoisotopic (exact) mass is 494 g/mol. The second-order valence-corrected chi connectivity index (χ2v) is 8.13. The quantitative estimate of drug-likeness (QED) is 0.370. The van der Waals surface area contributed by atoms with E-state index < -0.39 is 12.3 Å². The molecule has 35 heavy (non-hydrogen) atoms. The van der Waals surface area contributed by atoms with E-state index in [1.54, 1.807) is 36.8 Å². The van der Waals surface area contributed by atoms with Crippen molar-refractivity contribution in [1.29, 1.82) is 0 Å². The molecule has 12 heteroatoms. The number of ether oxygens (including phenoxy) is 1. The number of aromatic nitrogens is 5. The average molecular weight is 494 g/mol. The van der Waals surface area contributed by atoms with Crippen LogP contribution in [-0.2, 0) is 0 Å². The Bertz CT molecular complexity index is 1540. The van der Waals surface area contributed by atoms with Crippen LogP contribution in [0.1, 0.15) is 10.4 Å². The SMILES string of the molecule is NC(=O)c1c(-c2ccncc2)ccnc1-c1nc2ncc(-c3ccc(OC(F)(F)F)cc3)nc2s1. The molecule has 0 atom stereocenters. The fourth-order valence-corrected chi connectivity index (χ4v) is 4.33. The summed E-state index contributed by atoms with van der Waals surface area (Å²) < 4.78 is 41.1. The minimum absolute atomic E-state index is 0.207. The second kappa shape index (κ2) is 8.72. The molecule has 0 bridgehead atoms. The number of thiazole rings is 1. The van der Waals surface area contributed by atoms with Crippen LogP contribution in [0, 0.1) is 0 Å². The number of carbonyl (C=O) groups is 1. The Morgan fingerprint density at radius 3 is 2.34 bits per heavy atom. The van der Waals surface area contributed by atoms with Gasteiger partial charge in [-0.2, -0.15) is 0 Å². The molecule has 0 radical (unpaired) electrons. The van der Waals surface area contributed by atoms with Crippen molar-refractivity contribution in [2.45, 2.75) is 6.36 Å². The van der Waals surface area contributed by atoms with E-state index in [4.69, 9.17) is 5.73 Å². The minimum Gasteiger partial charge on any atom is -0.406 e. The smallest absolute Gasteiger partial charge is 0.406 e. The number of hydrogen-bond donors (Lipinski definition) is 1. The van der Waals surface area contributed by atoms with Crippen LogP contribution in [-0.4, -0.2) is 37.2 Å². The van der Waals surface area contributed by atoms with Crippen molar-refractivity contribution < 1.29 is 22.7 Å². The number of primary amides is 1. The van der Waals surface area contributed by atoms with E-state index in [0.717, 1.165) is 16.9 Å². The van der Waals surface area contributed by atoms with Crippen molar-refractivity contribution >= 4 is 27.7 Å². The molecule has 0 fully saturated rings. The minimum atomic E-state index is -4.77. The molecule has 174 valence electrons. The summed E-state index contributed by atoms with van der Waals surface area (Å²) >= 11 is 1.16. The van der Waals surface area contributed by atoms with Gasteiger partial charge in [0.2, 0.25) is 0 Å². The highest BCUT2D eigenvalue weighted by Crippen LogP contribution is 2.34. The zero-order valence-electron chi connectivity index (χ0n) is 17.5. The summed E-state index contributed by atoms with van der Waals surface area (Å²) in [5.41, 5.74) is 8.85. The highest BCUT2D eigenvalue weighted by Gasteiger charge is 2.31. The lowest BCUT2D eigenvalue weighted by atomic mass is 9.99. The highest BCUT2D eigenvalue weighted by atomic mass is 32.1. The maximum absolute atomic E-state index is 12.4. The number of amides is 1. The average Bonchev–Trinajstić information content (AvgIpc) is 3.27. The Kier molecular flexibility index (Phi) is 5.57. The standard InChI is InChI=1S/C23H13F3N6O2S/c24-23(25,26)34-14-3-1-13(2-4-14)16-11-30-20-22(31-16)35-21(32-20)18-17(19(27)33)15(7-10-29-18)12-5-8-28-9-6-12/h1-11H,(H2,27,33). The Labute approximate surface area is 199 Å². The van der Waals surface area contributed by atoms with Gasteiger partial charge in [0.05, 0.1) is 17.5 Å². The number of nitrogens with two attached hydrogens (primary N) is 1. The van der Waals surface area contributed by atoms with E-state index in [1.165, 1.54) is 30.5 Å². The number of halogens is 3. The van der Waals surface area contributed by atoms with Crippen molar-refractivity contribution in [2.24, 2.45) is 5.73 Å². The van der Waals surface area contributed by atoms with Gasteiger partial charge >= 0.3 is 6.36 Å². The number of rotatable bonds is 5. The van der Waals surface area contributed by atoms with Crippen LogP contribution >= 0.6 is 11.3 Å². The first kappa shape index (κ1) is 22.3. The van der Waals surface area contributed by atoms with Gasteiger partial charge in [-0.25, -0.2) is 15.0 Å². The van der Waals surface area contributed by atoms with Gasteiger partial charge in [-0.15, -0.1) is 13.2 Å². The molecule has 0 saturated heterocycles. The molecule has 0 spiro atoms. The summed E-state index contributed by atoms with van der Waals surface area (Å²) in [5.74, 6) is -1.00. The second-order valence-electron chi connectivity index (χ2n) is 7.16. The molecule has 0 saturated carbocycles. The molecule has 0 aliphatic rings. The molecule has 1 amide bonds. The number of carbonyl (C=O) groups excluding carboxylic acids is 1. The van der Waals surface area contributed by atoms with Crippen LogP contribution < -0.4 is 10.5 Å². The molecule has 0 aliphatic heterocycles. The van der Waals surface area contributed by atoms with Crippen LogP contribution in [0.2, 0.25) is 0 Å². The summed E-state index contributed by atoms with van der Waals surface area (Å²) in [6, 6.07) is 10.5. The molecule has 0 unspecified atom stereocenters. The first-order chi connectivity index (χ1) is 16.8. The topological polar surface area (TPSA) is 117 Å².